The first kappa shape index (κ1) is 7.97. The molecule has 0 aliphatic carbocycles. The lowest BCUT2D eigenvalue weighted by Gasteiger charge is -1.99. The van der Waals surface area contributed by atoms with Gasteiger partial charge in [0.1, 0.15) is 11.2 Å². The Morgan fingerprint density at radius 1 is 1.38 bits per heavy atom. The zero-order valence-corrected chi connectivity index (χ0v) is 7.77. The number of hydrogen-bond donors (Lipinski definition) is 0. The summed E-state index contributed by atoms with van der Waals surface area (Å²) in [6, 6.07) is 0. The van der Waals surface area contributed by atoms with E-state index in [4.69, 9.17) is 4.74 Å². The molecule has 0 saturated carbocycles. The van der Waals surface area contributed by atoms with Crippen LogP contribution in [0.15, 0.2) is 6.20 Å². The van der Waals surface area contributed by atoms with Crippen LogP contribution in [-0.4, -0.2) is 26.9 Å². The highest BCUT2D eigenvalue weighted by molar-refractivity contribution is 5.79. The van der Waals surface area contributed by atoms with Gasteiger partial charge in [0, 0.05) is 13.2 Å². The van der Waals surface area contributed by atoms with Gasteiger partial charge in [-0.05, 0) is 6.92 Å². The molecule has 2 aromatic heterocycles. The minimum Gasteiger partial charge on any atom is -0.480 e. The maximum Gasteiger partial charge on any atom is 0.227 e. The molecule has 0 bridgehead atoms. The molecule has 0 unspecified atom stereocenters. The smallest absolute Gasteiger partial charge is 0.227 e. The molecule has 0 amide bonds. The van der Waals surface area contributed by atoms with Crippen LogP contribution in [0, 0.1) is 6.92 Å². The maximum absolute atomic E-state index is 5.12. The number of fused-ring (bicyclic) bond motifs is 1. The van der Waals surface area contributed by atoms with Crippen LogP contribution in [-0.2, 0) is 7.05 Å². The van der Waals surface area contributed by atoms with Crippen molar-refractivity contribution in [2.24, 2.45) is 7.05 Å². The van der Waals surface area contributed by atoms with E-state index in [0.717, 1.165) is 5.39 Å². The Morgan fingerprint density at radius 3 is 2.85 bits per heavy atom. The second-order valence-corrected chi connectivity index (χ2v) is 2.82. The van der Waals surface area contributed by atoms with E-state index in [1.807, 2.05) is 20.2 Å². The fourth-order valence-corrected chi connectivity index (χ4v) is 1.25. The number of ether oxygens (including phenoxy) is 1. The summed E-state index contributed by atoms with van der Waals surface area (Å²) in [6.07, 6.45) is 1.84. The van der Waals surface area contributed by atoms with Gasteiger partial charge >= 0.3 is 0 Å². The van der Waals surface area contributed by atoms with Gasteiger partial charge in [-0.2, -0.15) is 10.1 Å². The van der Waals surface area contributed by atoms with E-state index in [1.165, 1.54) is 0 Å². The van der Waals surface area contributed by atoms with Gasteiger partial charge < -0.3 is 4.74 Å². The van der Waals surface area contributed by atoms with Gasteiger partial charge in [0.05, 0.1) is 7.11 Å². The van der Waals surface area contributed by atoms with Crippen molar-refractivity contribution in [1.29, 1.82) is 0 Å². The van der Waals surface area contributed by atoms with Crippen LogP contribution in [0.1, 0.15) is 5.82 Å². The average Bonchev–Trinajstić information content (AvgIpc) is 2.43. The van der Waals surface area contributed by atoms with Crippen molar-refractivity contribution < 1.29 is 4.74 Å². The van der Waals surface area contributed by atoms with Gasteiger partial charge in [-0.15, -0.1) is 0 Å². The highest BCUT2D eigenvalue weighted by Gasteiger charge is 2.08. The summed E-state index contributed by atoms with van der Waals surface area (Å²) in [6.45, 7) is 1.82. The third-order valence-corrected chi connectivity index (χ3v) is 1.76. The SMILES string of the molecule is COc1nc(C)nc2nn(C)cc12. The molecule has 2 aromatic rings. The summed E-state index contributed by atoms with van der Waals surface area (Å²) in [4.78, 5) is 8.33. The molecular weight excluding hydrogens is 168 g/mol. The molecule has 13 heavy (non-hydrogen) atoms. The molecule has 0 fully saturated rings. The minimum absolute atomic E-state index is 0.579. The van der Waals surface area contributed by atoms with Crippen LogP contribution in [0.3, 0.4) is 0 Å². The molecule has 0 saturated heterocycles. The van der Waals surface area contributed by atoms with Crippen LogP contribution < -0.4 is 4.74 Å². The standard InChI is InChI=1S/C8H10N4O/c1-5-9-7-6(4-12(2)11-7)8(10-5)13-3/h4H,1-3H3. The molecule has 2 heterocycles. The van der Waals surface area contributed by atoms with Crippen molar-refractivity contribution in [2.45, 2.75) is 6.92 Å². The van der Waals surface area contributed by atoms with E-state index >= 15 is 0 Å². The number of hydrogen-bond acceptors (Lipinski definition) is 4. The van der Waals surface area contributed by atoms with Crippen molar-refractivity contribution >= 4 is 11.0 Å². The monoisotopic (exact) mass is 178 g/mol. The fraction of sp³-hybridized carbons (Fsp3) is 0.375. The third-order valence-electron chi connectivity index (χ3n) is 1.76. The molecule has 0 radical (unpaired) electrons. The molecule has 0 aliphatic rings. The fourth-order valence-electron chi connectivity index (χ4n) is 1.25. The van der Waals surface area contributed by atoms with Crippen LogP contribution in [0.4, 0.5) is 0 Å². The summed E-state index contributed by atoms with van der Waals surface area (Å²) >= 11 is 0. The Balaban J connectivity index is 2.80. The molecule has 5 heteroatoms. The molecule has 0 spiro atoms. The number of nitrogens with zero attached hydrogens (tertiary/aromatic N) is 4. The predicted molar refractivity (Wildman–Crippen MR) is 47.6 cm³/mol. The van der Waals surface area contributed by atoms with Crippen LogP contribution >= 0.6 is 0 Å². The normalized spacial score (nSPS) is 10.7. The van der Waals surface area contributed by atoms with Crippen LogP contribution in [0.2, 0.25) is 0 Å². The second-order valence-electron chi connectivity index (χ2n) is 2.82. The molecule has 5 nitrogen and oxygen atoms in total. The average molecular weight is 178 g/mol. The zero-order chi connectivity index (χ0) is 9.42. The molecule has 0 N–H and O–H groups in total. The van der Waals surface area contributed by atoms with Gasteiger partial charge in [0.15, 0.2) is 5.65 Å². The van der Waals surface area contributed by atoms with Gasteiger partial charge in [-0.3, -0.25) is 4.68 Å². The van der Waals surface area contributed by atoms with Crippen molar-refractivity contribution in [3.63, 3.8) is 0 Å². The number of aromatic nitrogens is 4. The number of methoxy groups -OCH3 is 1. The Hall–Kier alpha value is -1.65. The van der Waals surface area contributed by atoms with Gasteiger partial charge in [0.25, 0.3) is 0 Å². The van der Waals surface area contributed by atoms with Crippen molar-refractivity contribution in [2.75, 3.05) is 7.11 Å². The third kappa shape index (κ3) is 1.22. The van der Waals surface area contributed by atoms with E-state index in [9.17, 15) is 0 Å². The number of aryl methyl sites for hydroxylation is 2. The van der Waals surface area contributed by atoms with Crippen molar-refractivity contribution in [1.82, 2.24) is 19.7 Å². The largest absolute Gasteiger partial charge is 0.480 e. The summed E-state index contributed by atoms with van der Waals surface area (Å²) in [5.41, 5.74) is 0.673. The van der Waals surface area contributed by atoms with Gasteiger partial charge in [-0.1, -0.05) is 0 Å². The summed E-state index contributed by atoms with van der Waals surface area (Å²) in [5, 5.41) is 5.01. The summed E-state index contributed by atoms with van der Waals surface area (Å²) in [7, 11) is 3.44. The second kappa shape index (κ2) is 2.69. The molecule has 0 atom stereocenters. The maximum atomic E-state index is 5.12. The van der Waals surface area contributed by atoms with Gasteiger partial charge in [-0.25, -0.2) is 4.98 Å². The van der Waals surface area contributed by atoms with Crippen LogP contribution in [0.5, 0.6) is 5.88 Å². The molecule has 0 aromatic carbocycles. The highest BCUT2D eigenvalue weighted by Crippen LogP contribution is 2.19. The molecular formula is C8H10N4O. The topological polar surface area (TPSA) is 52.8 Å². The molecule has 68 valence electrons. The minimum atomic E-state index is 0.579. The summed E-state index contributed by atoms with van der Waals surface area (Å²) < 4.78 is 6.81. The Bertz CT molecular complexity index is 449. The van der Waals surface area contributed by atoms with Crippen molar-refractivity contribution in [3.05, 3.63) is 12.0 Å². The first-order valence-electron chi connectivity index (χ1n) is 3.92. The van der Waals surface area contributed by atoms with E-state index in [-0.39, 0.29) is 0 Å². The quantitative estimate of drug-likeness (QED) is 0.644. The first-order chi connectivity index (χ1) is 6.20. The van der Waals surface area contributed by atoms with E-state index in [1.54, 1.807) is 11.8 Å². The summed E-state index contributed by atoms with van der Waals surface area (Å²) in [5.74, 6) is 1.25. The first-order valence-corrected chi connectivity index (χ1v) is 3.92. The Kier molecular flexibility index (Phi) is 1.65. The predicted octanol–water partition coefficient (Wildman–Crippen LogP) is 0.680. The Morgan fingerprint density at radius 2 is 2.15 bits per heavy atom. The van der Waals surface area contributed by atoms with Crippen LogP contribution in [0.25, 0.3) is 11.0 Å². The van der Waals surface area contributed by atoms with E-state index in [2.05, 4.69) is 15.1 Å². The lowest BCUT2D eigenvalue weighted by Crippen LogP contribution is -1.93. The Labute approximate surface area is 75.4 Å². The van der Waals surface area contributed by atoms with E-state index < -0.39 is 0 Å². The van der Waals surface area contributed by atoms with E-state index in [0.29, 0.717) is 17.4 Å². The molecule has 0 aliphatic heterocycles. The van der Waals surface area contributed by atoms with Crippen molar-refractivity contribution in [3.8, 4) is 5.88 Å². The zero-order valence-electron chi connectivity index (χ0n) is 7.77. The lowest BCUT2D eigenvalue weighted by molar-refractivity contribution is 0.401. The molecule has 2 rings (SSSR count). The number of rotatable bonds is 1. The lowest BCUT2D eigenvalue weighted by atomic mass is 10.4. The van der Waals surface area contributed by atoms with Gasteiger partial charge in [0.2, 0.25) is 5.88 Å². The highest BCUT2D eigenvalue weighted by atomic mass is 16.5.